The number of carbonyl (C=O) groups excluding carboxylic acids is 2. The van der Waals surface area contributed by atoms with Gasteiger partial charge in [0.15, 0.2) is 0 Å². The first kappa shape index (κ1) is 20.1. The van der Waals surface area contributed by atoms with E-state index in [9.17, 15) is 9.59 Å². The molecule has 0 unspecified atom stereocenters. The highest BCUT2D eigenvalue weighted by Crippen LogP contribution is 2.38. The van der Waals surface area contributed by atoms with Crippen LogP contribution in [0, 0.1) is 0 Å². The number of aromatic nitrogens is 1. The molecule has 1 amide bonds. The molecule has 1 aromatic heterocycles. The van der Waals surface area contributed by atoms with Gasteiger partial charge in [0.25, 0.3) is 0 Å². The normalized spacial score (nSPS) is 11.0. The molecule has 0 spiro atoms. The highest BCUT2D eigenvalue weighted by Gasteiger charge is 2.14. The Hall–Kier alpha value is -4.16. The molecule has 0 radical (unpaired) electrons. The average Bonchev–Trinajstić information content (AvgIpc) is 3.26. The lowest BCUT2D eigenvalue weighted by atomic mass is 9.95. The van der Waals surface area contributed by atoms with E-state index < -0.39 is 0 Å². The minimum absolute atomic E-state index is 0.355. The highest BCUT2D eigenvalue weighted by molar-refractivity contribution is 6.06. The molecule has 1 heterocycles. The number of aromatic amines is 1. The maximum Gasteiger partial charge on any atom is 0.211 e. The molecule has 3 aromatic carbocycles. The van der Waals surface area contributed by atoms with Crippen molar-refractivity contribution in [2.75, 3.05) is 10.6 Å². The van der Waals surface area contributed by atoms with Gasteiger partial charge in [-0.25, -0.2) is 0 Å². The number of hydrogen-bond donors (Lipinski definition) is 4. The molecule has 0 aliphatic rings. The van der Waals surface area contributed by atoms with Crippen molar-refractivity contribution >= 4 is 35.0 Å². The zero-order valence-electron chi connectivity index (χ0n) is 16.8. The summed E-state index contributed by atoms with van der Waals surface area (Å²) in [7, 11) is 0. The van der Waals surface area contributed by atoms with Crippen LogP contribution in [-0.4, -0.2) is 17.7 Å². The van der Waals surface area contributed by atoms with Gasteiger partial charge in [-0.2, -0.15) is 0 Å². The number of H-pyrrole nitrogens is 1. The van der Waals surface area contributed by atoms with E-state index in [1.54, 1.807) is 6.20 Å². The molecule has 31 heavy (non-hydrogen) atoms. The summed E-state index contributed by atoms with van der Waals surface area (Å²) in [6, 6.07) is 21.9. The molecule has 154 valence electrons. The molecule has 6 nitrogen and oxygen atoms in total. The van der Waals surface area contributed by atoms with Crippen molar-refractivity contribution in [2.45, 2.75) is 6.54 Å². The third kappa shape index (κ3) is 4.10. The molecule has 0 bridgehead atoms. The van der Waals surface area contributed by atoms with Crippen LogP contribution in [0.5, 0.6) is 0 Å². The van der Waals surface area contributed by atoms with Gasteiger partial charge in [0.05, 0.1) is 11.2 Å². The number of allylic oxidation sites excluding steroid dienone is 1. The van der Waals surface area contributed by atoms with E-state index in [2.05, 4.69) is 21.7 Å². The SMILES string of the molecule is NCc1cc(NC=CC=O)ccc1-c1ccc(NC=O)c2[nH]c(-c3ccccc3)cc12. The van der Waals surface area contributed by atoms with Crippen LogP contribution < -0.4 is 16.4 Å². The fourth-order valence-electron chi connectivity index (χ4n) is 3.71. The van der Waals surface area contributed by atoms with E-state index >= 15 is 0 Å². The van der Waals surface area contributed by atoms with Crippen LogP contribution in [0.4, 0.5) is 11.4 Å². The second-order valence-corrected chi connectivity index (χ2v) is 6.98. The molecule has 0 fully saturated rings. The zero-order chi connectivity index (χ0) is 21.6. The largest absolute Gasteiger partial charge is 0.362 e. The number of rotatable bonds is 8. The maximum atomic E-state index is 11.1. The number of fused-ring (bicyclic) bond motifs is 1. The summed E-state index contributed by atoms with van der Waals surface area (Å²) in [5.74, 6) is 0. The summed E-state index contributed by atoms with van der Waals surface area (Å²) in [6.45, 7) is 0.355. The van der Waals surface area contributed by atoms with Gasteiger partial charge in [0.1, 0.15) is 6.29 Å². The minimum Gasteiger partial charge on any atom is -0.362 e. The molecule has 5 N–H and O–H groups in total. The number of aldehydes is 1. The molecule has 4 rings (SSSR count). The number of nitrogens with one attached hydrogen (secondary N) is 3. The van der Waals surface area contributed by atoms with Crippen LogP contribution in [0.25, 0.3) is 33.3 Å². The number of nitrogens with two attached hydrogens (primary N) is 1. The Morgan fingerprint density at radius 2 is 1.71 bits per heavy atom. The van der Waals surface area contributed by atoms with Gasteiger partial charge in [-0.3, -0.25) is 9.59 Å². The van der Waals surface area contributed by atoms with Crippen molar-refractivity contribution in [3.63, 3.8) is 0 Å². The minimum atomic E-state index is 0.355. The quantitative estimate of drug-likeness (QED) is 0.251. The van der Waals surface area contributed by atoms with Crippen molar-refractivity contribution in [3.8, 4) is 22.4 Å². The van der Waals surface area contributed by atoms with Gasteiger partial charge in [-0.15, -0.1) is 0 Å². The second kappa shape index (κ2) is 9.11. The lowest BCUT2D eigenvalue weighted by Crippen LogP contribution is -2.01. The smallest absolute Gasteiger partial charge is 0.211 e. The Bertz CT molecular complexity index is 1260. The third-order valence-electron chi connectivity index (χ3n) is 5.13. The molecular formula is C25H22N4O2. The highest BCUT2D eigenvalue weighted by atomic mass is 16.1. The lowest BCUT2D eigenvalue weighted by Gasteiger charge is -2.13. The molecule has 0 saturated carbocycles. The van der Waals surface area contributed by atoms with Crippen molar-refractivity contribution in [3.05, 3.63) is 84.6 Å². The van der Waals surface area contributed by atoms with Gasteiger partial charge in [-0.1, -0.05) is 42.5 Å². The summed E-state index contributed by atoms with van der Waals surface area (Å²) in [4.78, 5) is 25.1. The van der Waals surface area contributed by atoms with Gasteiger partial charge in [-0.05, 0) is 52.6 Å². The zero-order valence-corrected chi connectivity index (χ0v) is 16.8. The van der Waals surface area contributed by atoms with E-state index in [0.717, 1.165) is 44.5 Å². The van der Waals surface area contributed by atoms with E-state index in [1.165, 1.54) is 6.08 Å². The van der Waals surface area contributed by atoms with Crippen LogP contribution in [0.3, 0.4) is 0 Å². The van der Waals surface area contributed by atoms with Crippen molar-refractivity contribution in [1.82, 2.24) is 4.98 Å². The Labute approximate surface area is 179 Å². The molecular weight excluding hydrogens is 388 g/mol. The Kier molecular flexibility index (Phi) is 5.91. The monoisotopic (exact) mass is 410 g/mol. The van der Waals surface area contributed by atoms with Crippen LogP contribution in [-0.2, 0) is 16.1 Å². The number of carbonyl (C=O) groups is 2. The van der Waals surface area contributed by atoms with Gasteiger partial charge >= 0.3 is 0 Å². The van der Waals surface area contributed by atoms with Crippen molar-refractivity contribution in [1.29, 1.82) is 0 Å². The van der Waals surface area contributed by atoms with Gasteiger partial charge in [0.2, 0.25) is 6.41 Å². The summed E-state index contributed by atoms with van der Waals surface area (Å²) < 4.78 is 0. The average molecular weight is 410 g/mol. The first-order chi connectivity index (χ1) is 15.2. The maximum absolute atomic E-state index is 11.1. The van der Waals surface area contributed by atoms with E-state index in [4.69, 9.17) is 5.73 Å². The Morgan fingerprint density at radius 1 is 0.903 bits per heavy atom. The summed E-state index contributed by atoms with van der Waals surface area (Å²) >= 11 is 0. The van der Waals surface area contributed by atoms with E-state index in [1.807, 2.05) is 60.7 Å². The predicted molar refractivity (Wildman–Crippen MR) is 126 cm³/mol. The van der Waals surface area contributed by atoms with E-state index in [-0.39, 0.29) is 0 Å². The standard InChI is InChI=1S/C25H22N4O2/c26-15-18-13-19(27-11-4-12-30)7-8-20(18)21-9-10-23(28-16-31)25-22(21)14-24(29-25)17-5-2-1-3-6-17/h1-14,16,27,29H,15,26H2,(H,28,31). The number of benzene rings is 3. The lowest BCUT2D eigenvalue weighted by molar-refractivity contribution is -0.105. The van der Waals surface area contributed by atoms with Crippen LogP contribution in [0.1, 0.15) is 5.56 Å². The summed E-state index contributed by atoms with van der Waals surface area (Å²) in [5.41, 5.74) is 13.5. The van der Waals surface area contributed by atoms with Crippen LogP contribution in [0.15, 0.2) is 79.0 Å². The molecule has 0 aliphatic carbocycles. The molecule has 6 heteroatoms. The molecule has 0 atom stereocenters. The van der Waals surface area contributed by atoms with Crippen molar-refractivity contribution < 1.29 is 9.59 Å². The first-order valence-electron chi connectivity index (χ1n) is 9.86. The molecule has 4 aromatic rings. The fourth-order valence-corrected chi connectivity index (χ4v) is 3.71. The number of anilines is 2. The van der Waals surface area contributed by atoms with Crippen LogP contribution in [0.2, 0.25) is 0 Å². The predicted octanol–water partition coefficient (Wildman–Crippen LogP) is 4.65. The third-order valence-corrected chi connectivity index (χ3v) is 5.13. The topological polar surface area (TPSA) is 100 Å². The van der Waals surface area contributed by atoms with Gasteiger partial charge in [0, 0.05) is 29.5 Å². The number of hydrogen-bond acceptors (Lipinski definition) is 4. The molecule has 0 saturated heterocycles. The van der Waals surface area contributed by atoms with Crippen molar-refractivity contribution in [2.24, 2.45) is 5.73 Å². The molecule has 0 aliphatic heterocycles. The van der Waals surface area contributed by atoms with Crippen LogP contribution >= 0.6 is 0 Å². The Morgan fingerprint density at radius 3 is 2.45 bits per heavy atom. The number of amides is 1. The van der Waals surface area contributed by atoms with E-state index in [0.29, 0.717) is 24.9 Å². The van der Waals surface area contributed by atoms with Gasteiger partial charge < -0.3 is 21.4 Å². The summed E-state index contributed by atoms with van der Waals surface area (Å²) in [5, 5.41) is 6.83. The fraction of sp³-hybridized carbons (Fsp3) is 0.0400. The summed E-state index contributed by atoms with van der Waals surface area (Å²) in [6.07, 6.45) is 4.37. The Balaban J connectivity index is 1.86. The second-order valence-electron chi connectivity index (χ2n) is 6.98. The first-order valence-corrected chi connectivity index (χ1v) is 9.86.